The Kier molecular flexibility index (Phi) is 4.89. The molecule has 0 aliphatic carbocycles. The Morgan fingerprint density at radius 3 is 2.44 bits per heavy atom. The first kappa shape index (κ1) is 13.1. The number of rotatable bonds is 6. The summed E-state index contributed by atoms with van der Waals surface area (Å²) in [5.41, 5.74) is 5.95. The summed E-state index contributed by atoms with van der Waals surface area (Å²) in [7, 11) is 0. The fourth-order valence-electron chi connectivity index (χ4n) is 1.40. The van der Waals surface area contributed by atoms with E-state index in [0.29, 0.717) is 24.2 Å². The van der Waals surface area contributed by atoms with E-state index in [1.165, 1.54) is 0 Å². The third-order valence-corrected chi connectivity index (χ3v) is 2.75. The number of hydrogen-bond acceptors (Lipinski definition) is 5. The molecule has 16 heavy (non-hydrogen) atoms. The molecule has 0 spiro atoms. The fourth-order valence-corrected chi connectivity index (χ4v) is 1.40. The monoisotopic (exact) mass is 226 g/mol. The van der Waals surface area contributed by atoms with E-state index >= 15 is 0 Å². The van der Waals surface area contributed by atoms with Crippen LogP contribution in [0.15, 0.2) is 4.52 Å². The van der Waals surface area contributed by atoms with Crippen molar-refractivity contribution in [1.29, 1.82) is 0 Å². The largest absolute Gasteiger partial charge is 0.338 e. The highest BCUT2D eigenvalue weighted by molar-refractivity contribution is 4.94. The minimum atomic E-state index is -0.144. The SMILES string of the molecule is CCN(CC)Cc1nc([C@@H](N)C(C)C)no1. The van der Waals surface area contributed by atoms with Crippen LogP contribution in [0, 0.1) is 5.92 Å². The average Bonchev–Trinajstić information content (AvgIpc) is 2.73. The quantitative estimate of drug-likeness (QED) is 0.797. The smallest absolute Gasteiger partial charge is 0.240 e. The van der Waals surface area contributed by atoms with Gasteiger partial charge in [0.25, 0.3) is 0 Å². The van der Waals surface area contributed by atoms with Gasteiger partial charge < -0.3 is 10.3 Å². The van der Waals surface area contributed by atoms with Crippen molar-refractivity contribution in [3.63, 3.8) is 0 Å². The van der Waals surface area contributed by atoms with Gasteiger partial charge in [0.15, 0.2) is 5.82 Å². The average molecular weight is 226 g/mol. The van der Waals surface area contributed by atoms with E-state index in [-0.39, 0.29) is 6.04 Å². The molecule has 1 rings (SSSR count). The van der Waals surface area contributed by atoms with Crippen LogP contribution in [0.25, 0.3) is 0 Å². The first-order valence-electron chi connectivity index (χ1n) is 5.88. The number of nitrogens with two attached hydrogens (primary N) is 1. The molecule has 5 nitrogen and oxygen atoms in total. The van der Waals surface area contributed by atoms with Gasteiger partial charge in [0.2, 0.25) is 5.89 Å². The molecule has 0 aliphatic rings. The Labute approximate surface area is 97.0 Å². The number of nitrogens with zero attached hydrogens (tertiary/aromatic N) is 3. The third-order valence-electron chi connectivity index (χ3n) is 2.75. The van der Waals surface area contributed by atoms with Crippen molar-refractivity contribution in [2.24, 2.45) is 11.7 Å². The summed E-state index contributed by atoms with van der Waals surface area (Å²) in [5.74, 6) is 1.57. The maximum absolute atomic E-state index is 5.95. The van der Waals surface area contributed by atoms with Crippen LogP contribution in [0.4, 0.5) is 0 Å². The van der Waals surface area contributed by atoms with E-state index in [9.17, 15) is 0 Å². The second-order valence-corrected chi connectivity index (χ2v) is 4.28. The van der Waals surface area contributed by atoms with Gasteiger partial charge in [0, 0.05) is 0 Å². The maximum atomic E-state index is 5.95. The first-order valence-corrected chi connectivity index (χ1v) is 5.88. The standard InChI is InChI=1S/C11H22N4O/c1-5-15(6-2)7-9-13-11(14-16-9)10(12)8(3)4/h8,10H,5-7,12H2,1-4H3/t10-/m0/s1. The van der Waals surface area contributed by atoms with Gasteiger partial charge in [0.1, 0.15) is 0 Å². The normalized spacial score (nSPS) is 13.7. The zero-order chi connectivity index (χ0) is 12.1. The zero-order valence-electron chi connectivity index (χ0n) is 10.6. The zero-order valence-corrected chi connectivity index (χ0v) is 10.6. The van der Waals surface area contributed by atoms with Gasteiger partial charge in [-0.25, -0.2) is 0 Å². The van der Waals surface area contributed by atoms with Crippen molar-refractivity contribution in [2.75, 3.05) is 13.1 Å². The van der Waals surface area contributed by atoms with E-state index in [4.69, 9.17) is 10.3 Å². The second-order valence-electron chi connectivity index (χ2n) is 4.28. The topological polar surface area (TPSA) is 68.2 Å². The molecule has 1 heterocycles. The lowest BCUT2D eigenvalue weighted by atomic mass is 10.1. The minimum absolute atomic E-state index is 0.144. The minimum Gasteiger partial charge on any atom is -0.338 e. The molecule has 0 unspecified atom stereocenters. The molecular formula is C11H22N4O. The summed E-state index contributed by atoms with van der Waals surface area (Å²) >= 11 is 0. The Morgan fingerprint density at radius 1 is 1.31 bits per heavy atom. The highest BCUT2D eigenvalue weighted by atomic mass is 16.5. The van der Waals surface area contributed by atoms with Crippen molar-refractivity contribution < 1.29 is 4.52 Å². The molecule has 0 bridgehead atoms. The molecule has 1 aromatic rings. The maximum Gasteiger partial charge on any atom is 0.240 e. The lowest BCUT2D eigenvalue weighted by molar-refractivity contribution is 0.245. The molecule has 0 fully saturated rings. The highest BCUT2D eigenvalue weighted by Crippen LogP contribution is 2.15. The predicted molar refractivity (Wildman–Crippen MR) is 62.7 cm³/mol. The van der Waals surface area contributed by atoms with Crippen molar-refractivity contribution in [1.82, 2.24) is 15.0 Å². The summed E-state index contributed by atoms with van der Waals surface area (Å²) in [5, 5.41) is 3.92. The van der Waals surface area contributed by atoms with Crippen LogP contribution in [0.1, 0.15) is 45.5 Å². The van der Waals surface area contributed by atoms with Gasteiger partial charge >= 0.3 is 0 Å². The summed E-state index contributed by atoms with van der Waals surface area (Å²) in [4.78, 5) is 6.54. The van der Waals surface area contributed by atoms with Crippen LogP contribution in [-0.2, 0) is 6.54 Å². The van der Waals surface area contributed by atoms with Gasteiger partial charge in [-0.15, -0.1) is 0 Å². The molecule has 5 heteroatoms. The number of hydrogen-bond donors (Lipinski definition) is 1. The second kappa shape index (κ2) is 5.96. The Morgan fingerprint density at radius 2 is 1.94 bits per heavy atom. The van der Waals surface area contributed by atoms with Crippen LogP contribution in [0.5, 0.6) is 0 Å². The third kappa shape index (κ3) is 3.28. The molecule has 0 amide bonds. The molecule has 0 radical (unpaired) electrons. The van der Waals surface area contributed by atoms with E-state index in [2.05, 4.69) is 28.9 Å². The molecule has 1 atom stereocenters. The molecule has 0 saturated carbocycles. The summed E-state index contributed by atoms with van der Waals surface area (Å²) < 4.78 is 5.19. The van der Waals surface area contributed by atoms with Crippen molar-refractivity contribution in [3.8, 4) is 0 Å². The molecule has 0 aromatic carbocycles. The van der Waals surface area contributed by atoms with E-state index in [0.717, 1.165) is 13.1 Å². The van der Waals surface area contributed by atoms with Gasteiger partial charge in [0.05, 0.1) is 12.6 Å². The lowest BCUT2D eigenvalue weighted by Crippen LogP contribution is -2.22. The fraction of sp³-hybridized carbons (Fsp3) is 0.818. The predicted octanol–water partition coefficient (Wildman–Crippen LogP) is 1.57. The Balaban J connectivity index is 2.64. The summed E-state index contributed by atoms with van der Waals surface area (Å²) in [6, 6.07) is -0.144. The van der Waals surface area contributed by atoms with Crippen molar-refractivity contribution in [3.05, 3.63) is 11.7 Å². The molecule has 0 aliphatic heterocycles. The molecule has 0 saturated heterocycles. The highest BCUT2D eigenvalue weighted by Gasteiger charge is 2.17. The van der Waals surface area contributed by atoms with Gasteiger partial charge in [-0.2, -0.15) is 4.98 Å². The van der Waals surface area contributed by atoms with Crippen LogP contribution in [0.2, 0.25) is 0 Å². The van der Waals surface area contributed by atoms with Crippen molar-refractivity contribution in [2.45, 2.75) is 40.3 Å². The van der Waals surface area contributed by atoms with Gasteiger partial charge in [-0.1, -0.05) is 32.9 Å². The van der Waals surface area contributed by atoms with Crippen LogP contribution in [0.3, 0.4) is 0 Å². The molecule has 2 N–H and O–H groups in total. The van der Waals surface area contributed by atoms with Crippen LogP contribution in [-0.4, -0.2) is 28.1 Å². The van der Waals surface area contributed by atoms with Crippen LogP contribution < -0.4 is 5.73 Å². The lowest BCUT2D eigenvalue weighted by Gasteiger charge is -2.14. The molecule has 92 valence electrons. The van der Waals surface area contributed by atoms with E-state index in [1.807, 2.05) is 13.8 Å². The summed E-state index contributed by atoms with van der Waals surface area (Å²) in [6.07, 6.45) is 0. The Bertz CT molecular complexity index is 307. The Hall–Kier alpha value is -0.940. The van der Waals surface area contributed by atoms with E-state index in [1.54, 1.807) is 0 Å². The van der Waals surface area contributed by atoms with Gasteiger partial charge in [-0.3, -0.25) is 4.90 Å². The van der Waals surface area contributed by atoms with Crippen molar-refractivity contribution >= 4 is 0 Å². The molecule has 1 aromatic heterocycles. The molecular weight excluding hydrogens is 204 g/mol. The van der Waals surface area contributed by atoms with Crippen LogP contribution >= 0.6 is 0 Å². The van der Waals surface area contributed by atoms with E-state index < -0.39 is 0 Å². The van der Waals surface area contributed by atoms with Gasteiger partial charge in [-0.05, 0) is 19.0 Å². The first-order chi connectivity index (χ1) is 7.58. The number of aromatic nitrogens is 2. The summed E-state index contributed by atoms with van der Waals surface area (Å²) in [6.45, 7) is 11.0.